The van der Waals surface area contributed by atoms with Crippen molar-refractivity contribution in [3.63, 3.8) is 0 Å². The Morgan fingerprint density at radius 3 is 2.55 bits per heavy atom. The number of carbonyl (C=O) groups is 1. The maximum absolute atomic E-state index is 9.57. The predicted molar refractivity (Wildman–Crippen MR) is 38.7 cm³/mol. The Morgan fingerprint density at radius 2 is 2.45 bits per heavy atom. The van der Waals surface area contributed by atoms with Gasteiger partial charge in [0, 0.05) is 6.20 Å². The van der Waals surface area contributed by atoms with E-state index in [1.807, 2.05) is 0 Å². The Kier molecular flexibility index (Phi) is 4.76. The number of aromatic amines is 1. The van der Waals surface area contributed by atoms with Crippen molar-refractivity contribution in [3.05, 3.63) is 18.5 Å². The van der Waals surface area contributed by atoms with E-state index in [0.29, 0.717) is 0 Å². The van der Waals surface area contributed by atoms with Gasteiger partial charge >= 0.3 is 5.97 Å². The molecule has 61 valence electrons. The van der Waals surface area contributed by atoms with Gasteiger partial charge in [-0.15, -0.1) is 0 Å². The van der Waals surface area contributed by atoms with Crippen LogP contribution in [-0.2, 0) is 4.79 Å². The third-order valence-electron chi connectivity index (χ3n) is 0.751. The fourth-order valence-electron chi connectivity index (χ4n) is 0.186. The van der Waals surface area contributed by atoms with Gasteiger partial charge in [-0.3, -0.25) is 9.89 Å². The number of hydrogen-bond acceptors (Lipinski definition) is 3. The molecule has 5 nitrogen and oxygen atoms in total. The number of nitrogens with zero attached hydrogens (tertiary/aromatic N) is 1. The smallest absolute Gasteiger partial charge is 0.320 e. The maximum atomic E-state index is 9.57. The highest BCUT2D eigenvalue weighted by Crippen LogP contribution is 1.68. The Labute approximate surface area is 64.2 Å². The standard InChI is InChI=1S/C3H3N2.C3H7NO2/c1-2-4-5-3-1;1-2(4)3(5)6/h1-2H,(H,4,5);2H,4H2,1H3,(H,5,6)/t;2-/m.0/s1. The number of nitrogens with one attached hydrogen (secondary N) is 1. The number of hydrogen-bond donors (Lipinski definition) is 3. The van der Waals surface area contributed by atoms with Crippen molar-refractivity contribution in [2.75, 3.05) is 0 Å². The lowest BCUT2D eigenvalue weighted by Gasteiger charge is -1.90. The normalized spacial score (nSPS) is 11.1. The average Bonchev–Trinajstić information content (AvgIpc) is 2.41. The molecule has 11 heavy (non-hydrogen) atoms. The predicted octanol–water partition coefficient (Wildman–Crippen LogP) is -0.372. The summed E-state index contributed by atoms with van der Waals surface area (Å²) in [5.41, 5.74) is 4.84. The van der Waals surface area contributed by atoms with Crippen LogP contribution in [-0.4, -0.2) is 27.3 Å². The first-order valence-electron chi connectivity index (χ1n) is 2.98. The number of nitrogens with two attached hydrogens (primary N) is 1. The van der Waals surface area contributed by atoms with E-state index in [9.17, 15) is 4.79 Å². The van der Waals surface area contributed by atoms with Crippen LogP contribution in [0.15, 0.2) is 12.3 Å². The van der Waals surface area contributed by atoms with Crippen molar-refractivity contribution in [1.82, 2.24) is 10.2 Å². The molecule has 0 aliphatic heterocycles. The van der Waals surface area contributed by atoms with Crippen LogP contribution in [0.4, 0.5) is 0 Å². The average molecular weight is 156 g/mol. The number of aliphatic carboxylic acids is 1. The number of rotatable bonds is 1. The molecule has 0 aromatic carbocycles. The Morgan fingerprint density at radius 1 is 1.91 bits per heavy atom. The fourth-order valence-corrected chi connectivity index (χ4v) is 0.186. The lowest BCUT2D eigenvalue weighted by atomic mass is 10.4. The topological polar surface area (TPSA) is 92.0 Å². The summed E-state index contributed by atoms with van der Waals surface area (Å²) >= 11 is 0. The molecule has 0 aliphatic carbocycles. The minimum Gasteiger partial charge on any atom is -0.480 e. The summed E-state index contributed by atoms with van der Waals surface area (Å²) in [5.74, 6) is -0.963. The molecule has 1 rings (SSSR count). The molecule has 4 N–H and O–H groups in total. The van der Waals surface area contributed by atoms with Crippen molar-refractivity contribution < 1.29 is 9.90 Å². The molecule has 5 heteroatoms. The van der Waals surface area contributed by atoms with Crippen LogP contribution in [0.25, 0.3) is 0 Å². The summed E-state index contributed by atoms with van der Waals surface area (Å²) in [6.07, 6.45) is 4.26. The number of carboxylic acids is 1. The largest absolute Gasteiger partial charge is 0.480 e. The quantitative estimate of drug-likeness (QED) is 0.517. The molecule has 1 aromatic rings. The molecule has 0 aliphatic rings. The van der Waals surface area contributed by atoms with Gasteiger partial charge in [0.1, 0.15) is 12.2 Å². The van der Waals surface area contributed by atoms with E-state index in [-0.39, 0.29) is 0 Å². The lowest BCUT2D eigenvalue weighted by Crippen LogP contribution is -2.25. The fraction of sp³-hybridized carbons (Fsp3) is 0.333. The molecule has 0 saturated heterocycles. The van der Waals surface area contributed by atoms with Gasteiger partial charge in [0.2, 0.25) is 0 Å². The monoisotopic (exact) mass is 156 g/mol. The van der Waals surface area contributed by atoms with E-state index < -0.39 is 12.0 Å². The third kappa shape index (κ3) is 6.53. The summed E-state index contributed by atoms with van der Waals surface area (Å²) < 4.78 is 0. The number of H-pyrrole nitrogens is 1. The van der Waals surface area contributed by atoms with Crippen LogP contribution in [0, 0.1) is 6.20 Å². The van der Waals surface area contributed by atoms with Crippen LogP contribution in [0.5, 0.6) is 0 Å². The van der Waals surface area contributed by atoms with Gasteiger partial charge in [-0.1, -0.05) is 0 Å². The zero-order valence-corrected chi connectivity index (χ0v) is 6.11. The van der Waals surface area contributed by atoms with E-state index in [1.54, 1.807) is 12.3 Å². The van der Waals surface area contributed by atoms with E-state index in [2.05, 4.69) is 16.4 Å². The molecule has 0 spiro atoms. The van der Waals surface area contributed by atoms with Crippen molar-refractivity contribution in [2.24, 2.45) is 5.73 Å². The summed E-state index contributed by atoms with van der Waals surface area (Å²) in [6, 6.07) is 0.977. The molecule has 1 atom stereocenters. The highest BCUT2D eigenvalue weighted by molar-refractivity contribution is 5.72. The Balaban J connectivity index is 0.000000183. The van der Waals surface area contributed by atoms with Crippen LogP contribution < -0.4 is 5.73 Å². The van der Waals surface area contributed by atoms with Crippen molar-refractivity contribution in [3.8, 4) is 0 Å². The highest BCUT2D eigenvalue weighted by Gasteiger charge is 1.99. The van der Waals surface area contributed by atoms with Gasteiger partial charge in [0.25, 0.3) is 0 Å². The second-order valence-electron chi connectivity index (χ2n) is 1.83. The van der Waals surface area contributed by atoms with Crippen molar-refractivity contribution in [2.45, 2.75) is 13.0 Å². The molecule has 0 saturated carbocycles. The van der Waals surface area contributed by atoms with Crippen LogP contribution in [0.3, 0.4) is 0 Å². The lowest BCUT2D eigenvalue weighted by molar-refractivity contribution is -0.138. The zero-order valence-electron chi connectivity index (χ0n) is 6.11. The molecule has 1 radical (unpaired) electrons. The minimum absolute atomic E-state index is 0.731. The Bertz CT molecular complexity index is 166. The summed E-state index contributed by atoms with van der Waals surface area (Å²) in [5, 5.41) is 13.9. The molecular weight excluding hydrogens is 146 g/mol. The highest BCUT2D eigenvalue weighted by atomic mass is 16.4. The second kappa shape index (κ2) is 5.43. The molecule has 0 unspecified atom stereocenters. The van der Waals surface area contributed by atoms with Crippen LogP contribution in [0.1, 0.15) is 6.92 Å². The van der Waals surface area contributed by atoms with Gasteiger partial charge in [-0.2, -0.15) is 5.10 Å². The minimum atomic E-state index is -0.963. The first-order valence-corrected chi connectivity index (χ1v) is 2.98. The van der Waals surface area contributed by atoms with Gasteiger partial charge in [-0.25, -0.2) is 0 Å². The van der Waals surface area contributed by atoms with Gasteiger partial charge in [-0.05, 0) is 13.0 Å². The SMILES string of the molecule is C[C@H](N)C(=O)O.[c]1cc[nH]n1. The molecule has 0 fully saturated rings. The third-order valence-corrected chi connectivity index (χ3v) is 0.751. The summed E-state index contributed by atoms with van der Waals surface area (Å²) in [4.78, 5) is 9.57. The number of aromatic nitrogens is 2. The van der Waals surface area contributed by atoms with Gasteiger partial charge < -0.3 is 10.8 Å². The number of carboxylic acid groups (broad SMARTS) is 1. The van der Waals surface area contributed by atoms with Crippen molar-refractivity contribution >= 4 is 5.97 Å². The molecular formula is C6H10N3O2. The molecule has 1 aromatic heterocycles. The van der Waals surface area contributed by atoms with E-state index >= 15 is 0 Å². The van der Waals surface area contributed by atoms with Gasteiger partial charge in [0.05, 0.1) is 0 Å². The Hall–Kier alpha value is -1.36. The maximum Gasteiger partial charge on any atom is 0.320 e. The van der Waals surface area contributed by atoms with E-state index in [1.165, 1.54) is 6.92 Å². The van der Waals surface area contributed by atoms with E-state index in [4.69, 9.17) is 10.8 Å². The first kappa shape index (κ1) is 9.64. The zero-order chi connectivity index (χ0) is 8.69. The van der Waals surface area contributed by atoms with Crippen LogP contribution >= 0.6 is 0 Å². The van der Waals surface area contributed by atoms with E-state index in [0.717, 1.165) is 0 Å². The first-order chi connectivity index (χ1) is 5.14. The summed E-state index contributed by atoms with van der Waals surface area (Å²) in [7, 11) is 0. The second-order valence-corrected chi connectivity index (χ2v) is 1.83. The van der Waals surface area contributed by atoms with Crippen LogP contribution in [0.2, 0.25) is 0 Å². The molecule has 0 bridgehead atoms. The molecule has 1 heterocycles. The summed E-state index contributed by atoms with van der Waals surface area (Å²) in [6.45, 7) is 1.42. The molecule has 0 amide bonds. The van der Waals surface area contributed by atoms with Gasteiger partial charge in [0.15, 0.2) is 0 Å². The van der Waals surface area contributed by atoms with Crippen molar-refractivity contribution in [1.29, 1.82) is 0 Å².